The highest BCUT2D eigenvalue weighted by atomic mass is 35.5. The van der Waals surface area contributed by atoms with Gasteiger partial charge in [-0.05, 0) is 36.2 Å². The number of hydrogen-bond acceptors (Lipinski definition) is 2. The first kappa shape index (κ1) is 11.6. The summed E-state index contributed by atoms with van der Waals surface area (Å²) in [5.41, 5.74) is 0.969. The van der Waals surface area contributed by atoms with Gasteiger partial charge in [-0.3, -0.25) is 0 Å². The molecule has 0 radical (unpaired) electrons. The average Bonchev–Trinajstić information content (AvgIpc) is 2.78. The summed E-state index contributed by atoms with van der Waals surface area (Å²) in [4.78, 5) is 1.19. The molecule has 2 rings (SSSR count). The number of rotatable bonds is 3. The van der Waals surface area contributed by atoms with E-state index in [1.165, 1.54) is 10.9 Å². The van der Waals surface area contributed by atoms with E-state index in [1.54, 1.807) is 23.5 Å². The Bertz CT molecular complexity index is 470. The van der Waals surface area contributed by atoms with Crippen molar-refractivity contribution in [3.8, 4) is 0 Å². The molecule has 2 aromatic rings. The Morgan fingerprint density at radius 2 is 2.19 bits per heavy atom. The third kappa shape index (κ3) is 2.26. The van der Waals surface area contributed by atoms with Gasteiger partial charge in [0.05, 0.1) is 11.1 Å². The van der Waals surface area contributed by atoms with Gasteiger partial charge in [-0.25, -0.2) is 4.39 Å². The van der Waals surface area contributed by atoms with Crippen LogP contribution in [0.1, 0.15) is 16.5 Å². The van der Waals surface area contributed by atoms with Crippen molar-refractivity contribution < 1.29 is 4.39 Å². The maximum Gasteiger partial charge on any atom is 0.141 e. The van der Waals surface area contributed by atoms with E-state index in [0.29, 0.717) is 0 Å². The van der Waals surface area contributed by atoms with Crippen molar-refractivity contribution in [3.05, 3.63) is 57.0 Å². The van der Waals surface area contributed by atoms with Gasteiger partial charge >= 0.3 is 0 Å². The van der Waals surface area contributed by atoms with Crippen LogP contribution in [0.4, 0.5) is 4.39 Å². The predicted octanol–water partition coefficient (Wildman–Crippen LogP) is 3.85. The zero-order chi connectivity index (χ0) is 11.5. The van der Waals surface area contributed by atoms with Crippen LogP contribution in [0.3, 0.4) is 0 Å². The van der Waals surface area contributed by atoms with Crippen LogP contribution in [0.5, 0.6) is 0 Å². The van der Waals surface area contributed by atoms with Crippen LogP contribution >= 0.6 is 22.9 Å². The molecular formula is C12H11ClFNS. The highest BCUT2D eigenvalue weighted by molar-refractivity contribution is 7.10. The molecule has 0 aliphatic rings. The molecule has 0 saturated carbocycles. The zero-order valence-corrected chi connectivity index (χ0v) is 10.3. The Hall–Kier alpha value is -0.900. The molecule has 0 aliphatic heterocycles. The summed E-state index contributed by atoms with van der Waals surface area (Å²) in [6, 6.07) is 8.92. The Morgan fingerprint density at radius 3 is 2.75 bits per heavy atom. The Morgan fingerprint density at radius 1 is 1.38 bits per heavy atom. The fraction of sp³-hybridized carbons (Fsp3) is 0.167. The largest absolute Gasteiger partial charge is 0.309 e. The van der Waals surface area contributed by atoms with Crippen LogP contribution < -0.4 is 5.32 Å². The fourth-order valence-electron chi connectivity index (χ4n) is 1.62. The van der Waals surface area contributed by atoms with Crippen LogP contribution in [0.2, 0.25) is 5.02 Å². The molecule has 1 nitrogen and oxygen atoms in total. The van der Waals surface area contributed by atoms with Gasteiger partial charge in [0.2, 0.25) is 0 Å². The predicted molar refractivity (Wildman–Crippen MR) is 66.6 cm³/mol. The maximum absolute atomic E-state index is 13.1. The molecule has 0 bridgehead atoms. The number of benzene rings is 1. The summed E-state index contributed by atoms with van der Waals surface area (Å²) in [6.07, 6.45) is 0. The van der Waals surface area contributed by atoms with E-state index in [0.717, 1.165) is 5.56 Å². The van der Waals surface area contributed by atoms with E-state index in [-0.39, 0.29) is 16.9 Å². The van der Waals surface area contributed by atoms with Crippen molar-refractivity contribution in [2.45, 2.75) is 6.04 Å². The molecule has 0 aliphatic carbocycles. The van der Waals surface area contributed by atoms with E-state index >= 15 is 0 Å². The van der Waals surface area contributed by atoms with Gasteiger partial charge in [0.15, 0.2) is 0 Å². The van der Waals surface area contributed by atoms with Crippen LogP contribution in [0.15, 0.2) is 35.7 Å². The highest BCUT2D eigenvalue weighted by Gasteiger charge is 2.14. The Labute approximate surface area is 103 Å². The minimum absolute atomic E-state index is 0.0677. The van der Waals surface area contributed by atoms with Gasteiger partial charge in [0.25, 0.3) is 0 Å². The molecule has 1 unspecified atom stereocenters. The molecule has 1 heterocycles. The molecule has 1 atom stereocenters. The standard InChI is InChI=1S/C12H11ClFNS/c1-15-12(11-3-2-6-16-11)8-4-5-10(14)9(13)7-8/h2-7,12,15H,1H3. The number of hydrogen-bond donors (Lipinski definition) is 1. The SMILES string of the molecule is CNC(c1ccc(F)c(Cl)c1)c1cccs1. The quantitative estimate of drug-likeness (QED) is 0.879. The Kier molecular flexibility index (Phi) is 3.59. The normalized spacial score (nSPS) is 12.7. The van der Waals surface area contributed by atoms with E-state index in [2.05, 4.69) is 5.32 Å². The van der Waals surface area contributed by atoms with Crippen LogP contribution in [0.25, 0.3) is 0 Å². The van der Waals surface area contributed by atoms with Crippen LogP contribution in [0, 0.1) is 5.82 Å². The summed E-state index contributed by atoms with van der Waals surface area (Å²) in [6.45, 7) is 0. The molecular weight excluding hydrogens is 245 g/mol. The van der Waals surface area contributed by atoms with Crippen molar-refractivity contribution in [3.63, 3.8) is 0 Å². The third-order valence-electron chi connectivity index (χ3n) is 2.39. The van der Waals surface area contributed by atoms with Crippen LogP contribution in [-0.4, -0.2) is 7.05 Å². The topological polar surface area (TPSA) is 12.0 Å². The third-order valence-corrected chi connectivity index (χ3v) is 3.62. The molecule has 0 spiro atoms. The number of halogens is 2. The summed E-state index contributed by atoms with van der Waals surface area (Å²) >= 11 is 7.44. The zero-order valence-electron chi connectivity index (χ0n) is 8.71. The lowest BCUT2D eigenvalue weighted by atomic mass is 10.1. The van der Waals surface area contributed by atoms with Crippen molar-refractivity contribution in [2.24, 2.45) is 0 Å². The molecule has 0 saturated heterocycles. The minimum atomic E-state index is -0.383. The van der Waals surface area contributed by atoms with E-state index in [1.807, 2.05) is 24.6 Å². The molecule has 1 aromatic heterocycles. The van der Waals surface area contributed by atoms with Crippen molar-refractivity contribution in [1.29, 1.82) is 0 Å². The highest BCUT2D eigenvalue weighted by Crippen LogP contribution is 2.28. The first-order chi connectivity index (χ1) is 7.72. The lowest BCUT2D eigenvalue weighted by molar-refractivity contribution is 0.624. The van der Waals surface area contributed by atoms with Gasteiger partial charge in [-0.15, -0.1) is 11.3 Å². The second-order valence-electron chi connectivity index (χ2n) is 3.41. The molecule has 0 amide bonds. The second-order valence-corrected chi connectivity index (χ2v) is 4.80. The maximum atomic E-state index is 13.1. The second kappa shape index (κ2) is 4.95. The lowest BCUT2D eigenvalue weighted by Crippen LogP contribution is -2.16. The summed E-state index contributed by atoms with van der Waals surface area (Å²) < 4.78 is 13.1. The summed E-state index contributed by atoms with van der Waals surface area (Å²) in [5, 5.41) is 5.38. The minimum Gasteiger partial charge on any atom is -0.309 e. The molecule has 1 N–H and O–H groups in total. The lowest BCUT2D eigenvalue weighted by Gasteiger charge is -2.15. The summed E-state index contributed by atoms with van der Waals surface area (Å²) in [7, 11) is 1.88. The smallest absolute Gasteiger partial charge is 0.141 e. The molecule has 0 fully saturated rings. The average molecular weight is 256 g/mol. The molecule has 84 valence electrons. The monoisotopic (exact) mass is 255 g/mol. The van der Waals surface area contributed by atoms with Gasteiger partial charge in [-0.2, -0.15) is 0 Å². The van der Waals surface area contributed by atoms with E-state index in [4.69, 9.17) is 11.6 Å². The van der Waals surface area contributed by atoms with Crippen LogP contribution in [-0.2, 0) is 0 Å². The van der Waals surface area contributed by atoms with Crippen molar-refractivity contribution >= 4 is 22.9 Å². The Balaban J connectivity index is 2.37. The fourth-order valence-corrected chi connectivity index (χ4v) is 2.67. The first-order valence-corrected chi connectivity index (χ1v) is 6.13. The molecule has 16 heavy (non-hydrogen) atoms. The van der Waals surface area contributed by atoms with E-state index in [9.17, 15) is 4.39 Å². The van der Waals surface area contributed by atoms with Gasteiger partial charge in [0, 0.05) is 4.88 Å². The van der Waals surface area contributed by atoms with Gasteiger partial charge < -0.3 is 5.32 Å². The van der Waals surface area contributed by atoms with Gasteiger partial charge in [0.1, 0.15) is 5.82 Å². The molecule has 4 heteroatoms. The number of thiophene rings is 1. The van der Waals surface area contributed by atoms with Crippen molar-refractivity contribution in [2.75, 3.05) is 7.05 Å². The van der Waals surface area contributed by atoms with Crippen molar-refractivity contribution in [1.82, 2.24) is 5.32 Å². The van der Waals surface area contributed by atoms with Gasteiger partial charge in [-0.1, -0.05) is 23.7 Å². The molecule has 1 aromatic carbocycles. The summed E-state index contributed by atoms with van der Waals surface area (Å²) in [5.74, 6) is -0.383. The first-order valence-electron chi connectivity index (χ1n) is 4.88. The number of nitrogens with one attached hydrogen (secondary N) is 1. The van der Waals surface area contributed by atoms with E-state index < -0.39 is 0 Å².